The highest BCUT2D eigenvalue weighted by molar-refractivity contribution is 5.99. The molecule has 1 aromatic carbocycles. The first-order valence-electron chi connectivity index (χ1n) is 8.57. The molecule has 0 aliphatic carbocycles. The van der Waals surface area contributed by atoms with Gasteiger partial charge in [-0.3, -0.25) is 19.2 Å². The predicted octanol–water partition coefficient (Wildman–Crippen LogP) is 0.487. The minimum Gasteiger partial charge on any atom is -0.368 e. The number of nitrogens with one attached hydrogen (secondary N) is 2. The number of benzene rings is 1. The van der Waals surface area contributed by atoms with E-state index in [2.05, 4.69) is 10.6 Å². The second-order valence-corrected chi connectivity index (χ2v) is 6.56. The molecule has 1 heterocycles. The van der Waals surface area contributed by atoms with Gasteiger partial charge in [0.1, 0.15) is 6.04 Å². The molecule has 1 fully saturated rings. The molecule has 1 aliphatic heterocycles. The lowest BCUT2D eigenvalue weighted by atomic mass is 10.1. The number of carbonyl (C=O) groups excluding carboxylic acids is 4. The number of hydrogen-bond acceptors (Lipinski definition) is 4. The molecule has 4 N–H and O–H groups in total. The van der Waals surface area contributed by atoms with Gasteiger partial charge in [-0.2, -0.15) is 0 Å². The number of carbonyl (C=O) groups is 4. The van der Waals surface area contributed by atoms with E-state index in [1.54, 1.807) is 17.0 Å². The fraction of sp³-hybridized carbons (Fsp3) is 0.444. The molecular formula is C18H24N4O4. The summed E-state index contributed by atoms with van der Waals surface area (Å²) in [5, 5.41) is 5.17. The minimum absolute atomic E-state index is 0.0240. The molecule has 0 radical (unpaired) electrons. The first kappa shape index (κ1) is 19.4. The zero-order chi connectivity index (χ0) is 19.3. The lowest BCUT2D eigenvalue weighted by Gasteiger charge is -2.25. The molecule has 8 nitrogen and oxygen atoms in total. The van der Waals surface area contributed by atoms with Crippen molar-refractivity contribution in [3.8, 4) is 0 Å². The number of primary amides is 1. The van der Waals surface area contributed by atoms with Gasteiger partial charge in [0.25, 0.3) is 5.91 Å². The molecule has 2 rings (SSSR count). The third-order valence-electron chi connectivity index (χ3n) is 4.17. The van der Waals surface area contributed by atoms with Crippen molar-refractivity contribution in [2.75, 3.05) is 18.4 Å². The van der Waals surface area contributed by atoms with Gasteiger partial charge in [-0.1, -0.05) is 13.8 Å². The molecule has 1 atom stereocenters. The molecule has 140 valence electrons. The average Bonchev–Trinajstić information content (AvgIpc) is 3.09. The van der Waals surface area contributed by atoms with E-state index in [-0.39, 0.29) is 24.3 Å². The maximum atomic E-state index is 12.5. The van der Waals surface area contributed by atoms with Crippen molar-refractivity contribution in [1.82, 2.24) is 10.2 Å². The summed E-state index contributed by atoms with van der Waals surface area (Å²) >= 11 is 0. The maximum absolute atomic E-state index is 12.5. The summed E-state index contributed by atoms with van der Waals surface area (Å²) in [6, 6.07) is 5.81. The van der Waals surface area contributed by atoms with Crippen molar-refractivity contribution in [3.05, 3.63) is 29.8 Å². The molecule has 8 heteroatoms. The van der Waals surface area contributed by atoms with Crippen molar-refractivity contribution < 1.29 is 19.2 Å². The van der Waals surface area contributed by atoms with Crippen LogP contribution in [0.3, 0.4) is 0 Å². The lowest BCUT2D eigenvalue weighted by molar-refractivity contribution is -0.139. The van der Waals surface area contributed by atoms with Crippen LogP contribution < -0.4 is 16.4 Å². The third-order valence-corrected chi connectivity index (χ3v) is 4.17. The van der Waals surface area contributed by atoms with Gasteiger partial charge in [-0.05, 0) is 37.1 Å². The van der Waals surface area contributed by atoms with E-state index in [0.29, 0.717) is 24.2 Å². The number of nitrogens with two attached hydrogens (primary N) is 1. The Labute approximate surface area is 152 Å². The van der Waals surface area contributed by atoms with Crippen LogP contribution in [0, 0.1) is 5.92 Å². The van der Waals surface area contributed by atoms with Crippen LogP contribution in [0.15, 0.2) is 24.3 Å². The van der Waals surface area contributed by atoms with Crippen LogP contribution in [0.25, 0.3) is 0 Å². The Morgan fingerprint density at radius 1 is 1.19 bits per heavy atom. The van der Waals surface area contributed by atoms with Crippen LogP contribution in [0.5, 0.6) is 0 Å². The number of rotatable bonds is 6. The first-order chi connectivity index (χ1) is 12.3. The van der Waals surface area contributed by atoms with Crippen LogP contribution in [0.2, 0.25) is 0 Å². The highest BCUT2D eigenvalue weighted by Crippen LogP contribution is 2.21. The van der Waals surface area contributed by atoms with Gasteiger partial charge in [-0.15, -0.1) is 0 Å². The second kappa shape index (κ2) is 8.46. The van der Waals surface area contributed by atoms with Crippen LogP contribution in [0.1, 0.15) is 37.0 Å². The molecule has 1 aromatic rings. The van der Waals surface area contributed by atoms with E-state index >= 15 is 0 Å². The Bertz CT molecular complexity index is 700. The van der Waals surface area contributed by atoms with Gasteiger partial charge in [0.15, 0.2) is 0 Å². The summed E-state index contributed by atoms with van der Waals surface area (Å²) < 4.78 is 0. The van der Waals surface area contributed by atoms with Crippen molar-refractivity contribution in [2.24, 2.45) is 11.7 Å². The van der Waals surface area contributed by atoms with Gasteiger partial charge in [0.05, 0.1) is 6.54 Å². The van der Waals surface area contributed by atoms with E-state index < -0.39 is 17.9 Å². The van der Waals surface area contributed by atoms with Crippen LogP contribution in [-0.4, -0.2) is 47.7 Å². The van der Waals surface area contributed by atoms with Crippen LogP contribution in [-0.2, 0) is 14.4 Å². The normalized spacial score (nSPS) is 16.4. The van der Waals surface area contributed by atoms with E-state index in [9.17, 15) is 19.2 Å². The monoisotopic (exact) mass is 360 g/mol. The SMILES string of the molecule is CC(C)C(=O)N1CCCC1C(=O)Nc1ccc(C(=O)NCC(N)=O)cc1. The molecule has 0 saturated carbocycles. The Hall–Kier alpha value is -2.90. The Morgan fingerprint density at radius 3 is 2.42 bits per heavy atom. The van der Waals surface area contributed by atoms with Gasteiger partial charge < -0.3 is 21.3 Å². The molecule has 4 amide bonds. The fourth-order valence-corrected chi connectivity index (χ4v) is 2.83. The standard InChI is InChI=1S/C18H24N4O4/c1-11(2)18(26)22-9-3-4-14(22)17(25)21-13-7-5-12(6-8-13)16(24)20-10-15(19)23/h5-8,11,14H,3-4,9-10H2,1-2H3,(H2,19,23)(H,20,24)(H,21,25). The summed E-state index contributed by atoms with van der Waals surface area (Å²) in [4.78, 5) is 48.9. The molecule has 1 unspecified atom stereocenters. The number of amides is 4. The van der Waals surface area contributed by atoms with E-state index in [4.69, 9.17) is 5.73 Å². The molecule has 0 spiro atoms. The van der Waals surface area contributed by atoms with E-state index in [0.717, 1.165) is 6.42 Å². The topological polar surface area (TPSA) is 122 Å². The largest absolute Gasteiger partial charge is 0.368 e. The number of anilines is 1. The van der Waals surface area contributed by atoms with Crippen LogP contribution in [0.4, 0.5) is 5.69 Å². The zero-order valence-electron chi connectivity index (χ0n) is 15.0. The Kier molecular flexibility index (Phi) is 6.32. The maximum Gasteiger partial charge on any atom is 0.251 e. The van der Waals surface area contributed by atoms with Gasteiger partial charge in [0.2, 0.25) is 17.7 Å². The number of hydrogen-bond donors (Lipinski definition) is 3. The van der Waals surface area contributed by atoms with Crippen LogP contribution >= 0.6 is 0 Å². The summed E-state index contributed by atoms with van der Waals surface area (Å²) in [6.07, 6.45) is 1.44. The van der Waals surface area contributed by atoms with Gasteiger partial charge >= 0.3 is 0 Å². The third kappa shape index (κ3) is 4.81. The minimum atomic E-state index is -0.626. The van der Waals surface area contributed by atoms with Gasteiger partial charge in [0, 0.05) is 23.7 Å². The van der Waals surface area contributed by atoms with Crippen molar-refractivity contribution in [3.63, 3.8) is 0 Å². The molecule has 26 heavy (non-hydrogen) atoms. The molecule has 1 aliphatic rings. The average molecular weight is 360 g/mol. The molecule has 0 bridgehead atoms. The zero-order valence-corrected chi connectivity index (χ0v) is 15.0. The predicted molar refractivity (Wildman–Crippen MR) is 96.2 cm³/mol. The highest BCUT2D eigenvalue weighted by atomic mass is 16.2. The van der Waals surface area contributed by atoms with E-state index in [1.807, 2.05) is 13.8 Å². The summed E-state index contributed by atoms with van der Waals surface area (Å²) in [5.41, 5.74) is 5.86. The summed E-state index contributed by atoms with van der Waals surface area (Å²) in [5.74, 6) is -1.46. The molecular weight excluding hydrogens is 336 g/mol. The number of nitrogens with zero attached hydrogens (tertiary/aromatic N) is 1. The quantitative estimate of drug-likeness (QED) is 0.683. The summed E-state index contributed by atoms with van der Waals surface area (Å²) in [6.45, 7) is 3.99. The van der Waals surface area contributed by atoms with Gasteiger partial charge in [-0.25, -0.2) is 0 Å². The van der Waals surface area contributed by atoms with Crippen molar-refractivity contribution in [1.29, 1.82) is 0 Å². The smallest absolute Gasteiger partial charge is 0.251 e. The Balaban J connectivity index is 1.98. The second-order valence-electron chi connectivity index (χ2n) is 6.56. The molecule has 1 saturated heterocycles. The highest BCUT2D eigenvalue weighted by Gasteiger charge is 2.34. The summed E-state index contributed by atoms with van der Waals surface area (Å²) in [7, 11) is 0. The fourth-order valence-electron chi connectivity index (χ4n) is 2.83. The first-order valence-corrected chi connectivity index (χ1v) is 8.57. The number of likely N-dealkylation sites (tertiary alicyclic amines) is 1. The van der Waals surface area contributed by atoms with E-state index in [1.165, 1.54) is 12.1 Å². The lowest BCUT2D eigenvalue weighted by Crippen LogP contribution is -2.44. The molecule has 0 aromatic heterocycles. The van der Waals surface area contributed by atoms with Crippen molar-refractivity contribution in [2.45, 2.75) is 32.7 Å². The Morgan fingerprint density at radius 2 is 1.85 bits per heavy atom. The van der Waals surface area contributed by atoms with Crippen molar-refractivity contribution >= 4 is 29.3 Å².